The Kier molecular flexibility index (Phi) is 6.62. The Morgan fingerprint density at radius 1 is 1.34 bits per heavy atom. The molecule has 1 saturated heterocycles. The summed E-state index contributed by atoms with van der Waals surface area (Å²) in [6, 6.07) is -0.0326. The molecule has 0 radical (unpaired) electrons. The number of rotatable bonds is 6. The van der Waals surface area contributed by atoms with Crippen LogP contribution in [-0.4, -0.2) is 74.0 Å². The quantitative estimate of drug-likeness (QED) is 0.585. The van der Waals surface area contributed by atoms with Gasteiger partial charge < -0.3 is 20.1 Å². The van der Waals surface area contributed by atoms with Crippen molar-refractivity contribution in [2.75, 3.05) is 19.7 Å². The van der Waals surface area contributed by atoms with Gasteiger partial charge in [-0.1, -0.05) is 13.8 Å². The van der Waals surface area contributed by atoms with E-state index in [2.05, 4.69) is 10.4 Å². The first-order chi connectivity index (χ1) is 16.5. The van der Waals surface area contributed by atoms with Gasteiger partial charge in [0.2, 0.25) is 11.8 Å². The zero-order valence-corrected chi connectivity index (χ0v) is 19.2. The Morgan fingerprint density at radius 3 is 2.69 bits per heavy atom. The lowest BCUT2D eigenvalue weighted by Crippen LogP contribution is -2.50. The minimum absolute atomic E-state index is 0.00280. The van der Waals surface area contributed by atoms with Crippen molar-refractivity contribution in [1.29, 1.82) is 0 Å². The fraction of sp³-hybridized carbons (Fsp3) is 0.545. The number of aromatic hydroxyl groups is 1. The summed E-state index contributed by atoms with van der Waals surface area (Å²) in [4.78, 5) is 39.2. The van der Waals surface area contributed by atoms with Gasteiger partial charge in [0, 0.05) is 30.8 Å². The molecule has 2 aliphatic rings. The zero-order chi connectivity index (χ0) is 25.5. The Labute approximate surface area is 198 Å². The van der Waals surface area contributed by atoms with E-state index in [0.717, 1.165) is 28.3 Å². The fourth-order valence-corrected chi connectivity index (χ4v) is 3.86. The third kappa shape index (κ3) is 5.19. The maximum atomic E-state index is 13.0. The average Bonchev–Trinajstić information content (AvgIpc) is 3.49. The van der Waals surface area contributed by atoms with Crippen LogP contribution in [0.25, 0.3) is 11.7 Å². The molecule has 3 heterocycles. The second-order valence-corrected chi connectivity index (χ2v) is 9.11. The molecule has 2 aromatic rings. The highest BCUT2D eigenvalue weighted by Crippen LogP contribution is 2.27. The topological polar surface area (TPSA) is 118 Å². The van der Waals surface area contributed by atoms with Gasteiger partial charge >= 0.3 is 6.18 Å². The summed E-state index contributed by atoms with van der Waals surface area (Å²) in [5, 5.41) is 17.6. The van der Waals surface area contributed by atoms with Gasteiger partial charge in [0.1, 0.15) is 5.65 Å². The molecule has 0 unspecified atom stereocenters. The van der Waals surface area contributed by atoms with Crippen molar-refractivity contribution in [3.63, 3.8) is 0 Å². The van der Waals surface area contributed by atoms with Crippen molar-refractivity contribution in [3.05, 3.63) is 33.8 Å². The van der Waals surface area contributed by atoms with Gasteiger partial charge in [0.05, 0.1) is 19.3 Å². The van der Waals surface area contributed by atoms with Crippen LogP contribution in [0, 0.1) is 5.92 Å². The molecule has 2 amide bonds. The van der Waals surface area contributed by atoms with E-state index in [9.17, 15) is 32.7 Å². The first-order valence-electron chi connectivity index (χ1n) is 11.3. The third-order valence-corrected chi connectivity index (χ3v) is 5.75. The van der Waals surface area contributed by atoms with E-state index in [1.807, 2.05) is 13.8 Å². The summed E-state index contributed by atoms with van der Waals surface area (Å²) in [6.45, 7) is 3.12. The average molecular weight is 497 g/mol. The molecule has 35 heavy (non-hydrogen) atoms. The molecule has 1 atom stereocenters. The molecule has 13 heteroatoms. The van der Waals surface area contributed by atoms with Gasteiger partial charge in [-0.05, 0) is 24.8 Å². The van der Waals surface area contributed by atoms with Gasteiger partial charge in [-0.3, -0.25) is 19.0 Å². The van der Waals surface area contributed by atoms with Crippen LogP contribution in [0.3, 0.4) is 0 Å². The highest BCUT2D eigenvalue weighted by molar-refractivity contribution is 5.97. The zero-order valence-electron chi connectivity index (χ0n) is 19.2. The second kappa shape index (κ2) is 9.36. The summed E-state index contributed by atoms with van der Waals surface area (Å²) in [6.07, 6.45) is -1.35. The minimum atomic E-state index is -4.58. The summed E-state index contributed by atoms with van der Waals surface area (Å²) in [5.74, 6) is -1.86. The SMILES string of the molecule is CC(C)Cn1c(O)c(C(=O)NC2CC2)c(=O)n2ncc(/C=C/C(=O)N3CCO[C@H](C(F)(F)F)C3)c12. The molecule has 1 aliphatic carbocycles. The van der Waals surface area contributed by atoms with Crippen LogP contribution >= 0.6 is 0 Å². The molecule has 10 nitrogen and oxygen atoms in total. The van der Waals surface area contributed by atoms with E-state index < -0.39 is 47.6 Å². The Bertz CT molecular complexity index is 1230. The van der Waals surface area contributed by atoms with Crippen LogP contribution in [0.5, 0.6) is 5.88 Å². The van der Waals surface area contributed by atoms with E-state index in [0.29, 0.717) is 0 Å². The maximum Gasteiger partial charge on any atom is 0.416 e. The third-order valence-electron chi connectivity index (χ3n) is 5.75. The van der Waals surface area contributed by atoms with Crippen molar-refractivity contribution >= 4 is 23.5 Å². The molecule has 0 spiro atoms. The van der Waals surface area contributed by atoms with Gasteiger partial charge in [-0.2, -0.15) is 22.8 Å². The lowest BCUT2D eigenvalue weighted by molar-refractivity contribution is -0.235. The van der Waals surface area contributed by atoms with Crippen LogP contribution in [0.1, 0.15) is 42.6 Å². The van der Waals surface area contributed by atoms with Crippen molar-refractivity contribution < 1.29 is 32.6 Å². The number of nitrogens with one attached hydrogen (secondary N) is 1. The second-order valence-electron chi connectivity index (χ2n) is 9.11. The van der Waals surface area contributed by atoms with Gasteiger partial charge in [-0.15, -0.1) is 0 Å². The molecule has 2 aromatic heterocycles. The van der Waals surface area contributed by atoms with Gasteiger partial charge in [0.15, 0.2) is 11.7 Å². The van der Waals surface area contributed by atoms with Crippen LogP contribution < -0.4 is 10.9 Å². The number of alkyl halides is 3. The van der Waals surface area contributed by atoms with Crippen molar-refractivity contribution in [1.82, 2.24) is 24.4 Å². The summed E-state index contributed by atoms with van der Waals surface area (Å²) in [7, 11) is 0. The van der Waals surface area contributed by atoms with Crippen LogP contribution in [0.4, 0.5) is 13.2 Å². The number of aromatic nitrogens is 3. The molecule has 4 rings (SSSR count). The minimum Gasteiger partial charge on any atom is -0.494 e. The van der Waals surface area contributed by atoms with Crippen LogP contribution in [0.2, 0.25) is 0 Å². The van der Waals surface area contributed by atoms with E-state index in [-0.39, 0.29) is 42.9 Å². The monoisotopic (exact) mass is 497 g/mol. The molecule has 2 fully saturated rings. The van der Waals surface area contributed by atoms with Crippen molar-refractivity contribution in [2.45, 2.75) is 51.6 Å². The molecular weight excluding hydrogens is 471 g/mol. The number of carbonyl (C=O) groups is 2. The van der Waals surface area contributed by atoms with E-state index in [4.69, 9.17) is 4.74 Å². The first-order valence-corrected chi connectivity index (χ1v) is 11.3. The van der Waals surface area contributed by atoms with E-state index in [1.165, 1.54) is 16.8 Å². The summed E-state index contributed by atoms with van der Waals surface area (Å²) in [5.41, 5.74) is -0.807. The molecule has 1 saturated carbocycles. The number of ether oxygens (including phenoxy) is 1. The molecule has 1 aliphatic heterocycles. The highest BCUT2D eigenvalue weighted by atomic mass is 19.4. The van der Waals surface area contributed by atoms with Crippen LogP contribution in [0.15, 0.2) is 17.1 Å². The maximum absolute atomic E-state index is 13.0. The number of nitrogens with zero attached hydrogens (tertiary/aromatic N) is 4. The number of amides is 2. The van der Waals surface area contributed by atoms with Gasteiger partial charge in [-0.25, -0.2) is 0 Å². The normalized spacial score (nSPS) is 19.1. The fourth-order valence-electron chi connectivity index (χ4n) is 3.86. The molecule has 190 valence electrons. The Morgan fingerprint density at radius 2 is 2.06 bits per heavy atom. The van der Waals surface area contributed by atoms with E-state index >= 15 is 0 Å². The van der Waals surface area contributed by atoms with Crippen molar-refractivity contribution in [2.24, 2.45) is 5.92 Å². The van der Waals surface area contributed by atoms with Crippen molar-refractivity contribution in [3.8, 4) is 5.88 Å². The standard InChI is InChI=1S/C22H26F3N5O5/c1-12(2)10-29-19-13(3-6-16(31)28-7-8-35-15(11-28)22(23,24)25)9-26-30(19)21(34)17(20(29)33)18(32)27-14-4-5-14/h3,6,9,12,14-15,33H,4-5,7-8,10-11H2,1-2H3,(H,27,32)/b6-3+/t15-/m0/s1. The number of halogens is 3. The number of morpholine rings is 1. The lowest BCUT2D eigenvalue weighted by Gasteiger charge is -2.33. The summed E-state index contributed by atoms with van der Waals surface area (Å²) < 4.78 is 46.0. The van der Waals surface area contributed by atoms with E-state index in [1.54, 1.807) is 0 Å². The van der Waals surface area contributed by atoms with Gasteiger partial charge in [0.25, 0.3) is 11.5 Å². The molecule has 0 bridgehead atoms. The molecule has 2 N–H and O–H groups in total. The number of hydrogen-bond donors (Lipinski definition) is 2. The summed E-state index contributed by atoms with van der Waals surface area (Å²) >= 11 is 0. The highest BCUT2D eigenvalue weighted by Gasteiger charge is 2.44. The number of hydrogen-bond acceptors (Lipinski definition) is 6. The smallest absolute Gasteiger partial charge is 0.416 e. The largest absolute Gasteiger partial charge is 0.494 e. The Hall–Kier alpha value is -3.35. The van der Waals surface area contributed by atoms with Crippen LogP contribution in [-0.2, 0) is 16.1 Å². The first kappa shape index (κ1) is 24.8. The Balaban J connectivity index is 1.68. The molecule has 0 aromatic carbocycles. The number of carbonyl (C=O) groups excluding carboxylic acids is 2. The number of fused-ring (bicyclic) bond motifs is 1. The predicted molar refractivity (Wildman–Crippen MR) is 118 cm³/mol. The predicted octanol–water partition coefficient (Wildman–Crippen LogP) is 1.55. The lowest BCUT2D eigenvalue weighted by atomic mass is 10.2. The molecular formula is C22H26F3N5O5.